The van der Waals surface area contributed by atoms with Crippen molar-refractivity contribution in [3.8, 4) is 0 Å². The number of carbonyl (C=O) groups is 1. The van der Waals surface area contributed by atoms with Gasteiger partial charge >= 0.3 is 0 Å². The molecular formula is C16H23NOS. The molecular weight excluding hydrogens is 254 g/mol. The first-order valence-corrected chi connectivity index (χ1v) is 7.90. The number of rotatable bonds is 2. The second-order valence-corrected chi connectivity index (χ2v) is 6.70. The Labute approximate surface area is 120 Å². The summed E-state index contributed by atoms with van der Waals surface area (Å²) in [6, 6.07) is 2.24. The Kier molecular flexibility index (Phi) is 4.56. The van der Waals surface area contributed by atoms with Crippen molar-refractivity contribution in [3.63, 3.8) is 0 Å². The van der Waals surface area contributed by atoms with E-state index in [1.807, 2.05) is 0 Å². The molecule has 1 fully saturated rings. The van der Waals surface area contributed by atoms with Gasteiger partial charge in [0, 0.05) is 11.4 Å². The average Bonchev–Trinajstić information content (AvgIpc) is 2.57. The van der Waals surface area contributed by atoms with Crippen molar-refractivity contribution in [2.45, 2.75) is 57.1 Å². The summed E-state index contributed by atoms with van der Waals surface area (Å²) < 4.78 is 0. The SMILES string of the molecule is Cc1cc(C)c(C)c(S[C@@H]2CCCCNC2=O)c1C. The first-order valence-electron chi connectivity index (χ1n) is 7.02. The van der Waals surface area contributed by atoms with Gasteiger partial charge in [-0.05, 0) is 62.8 Å². The molecule has 0 bridgehead atoms. The fraction of sp³-hybridized carbons (Fsp3) is 0.562. The highest BCUT2D eigenvalue weighted by Crippen LogP contribution is 2.35. The highest BCUT2D eigenvalue weighted by atomic mass is 32.2. The van der Waals surface area contributed by atoms with Crippen LogP contribution in [0.3, 0.4) is 0 Å². The molecule has 1 aliphatic heterocycles. The zero-order chi connectivity index (χ0) is 14.0. The third-order valence-corrected chi connectivity index (χ3v) is 5.62. The van der Waals surface area contributed by atoms with Crippen LogP contribution in [-0.2, 0) is 4.79 Å². The van der Waals surface area contributed by atoms with E-state index < -0.39 is 0 Å². The molecule has 1 N–H and O–H groups in total. The smallest absolute Gasteiger partial charge is 0.233 e. The highest BCUT2D eigenvalue weighted by Gasteiger charge is 2.23. The summed E-state index contributed by atoms with van der Waals surface area (Å²) in [5.41, 5.74) is 5.29. The van der Waals surface area contributed by atoms with E-state index in [4.69, 9.17) is 0 Å². The summed E-state index contributed by atoms with van der Waals surface area (Å²) >= 11 is 1.76. The number of nitrogens with one attached hydrogen (secondary N) is 1. The largest absolute Gasteiger partial charge is 0.355 e. The topological polar surface area (TPSA) is 29.1 Å². The van der Waals surface area contributed by atoms with Crippen LogP contribution in [0.2, 0.25) is 0 Å². The molecule has 3 heteroatoms. The van der Waals surface area contributed by atoms with E-state index in [0.717, 1.165) is 25.8 Å². The molecule has 1 heterocycles. The van der Waals surface area contributed by atoms with Gasteiger partial charge in [-0.3, -0.25) is 4.79 Å². The Bertz CT molecular complexity index is 470. The lowest BCUT2D eigenvalue weighted by Gasteiger charge is -2.19. The van der Waals surface area contributed by atoms with Crippen LogP contribution < -0.4 is 5.32 Å². The number of carbonyl (C=O) groups excluding carboxylic acids is 1. The summed E-state index contributed by atoms with van der Waals surface area (Å²) in [6.45, 7) is 9.47. The molecule has 104 valence electrons. The Morgan fingerprint density at radius 1 is 1.11 bits per heavy atom. The predicted octanol–water partition coefficient (Wildman–Crippen LogP) is 3.68. The fourth-order valence-corrected chi connectivity index (χ4v) is 3.96. The van der Waals surface area contributed by atoms with Crippen LogP contribution >= 0.6 is 11.8 Å². The van der Waals surface area contributed by atoms with Crippen molar-refractivity contribution in [1.82, 2.24) is 5.32 Å². The van der Waals surface area contributed by atoms with Crippen LogP contribution in [0.5, 0.6) is 0 Å². The lowest BCUT2D eigenvalue weighted by atomic mass is 10.0. The quantitative estimate of drug-likeness (QED) is 0.893. The maximum absolute atomic E-state index is 12.1. The van der Waals surface area contributed by atoms with Crippen LogP contribution in [0.4, 0.5) is 0 Å². The normalized spacial score (nSPS) is 20.0. The molecule has 2 rings (SSSR count). The van der Waals surface area contributed by atoms with Gasteiger partial charge in [-0.1, -0.05) is 12.5 Å². The molecule has 0 aliphatic carbocycles. The third-order valence-electron chi connectivity index (χ3n) is 4.04. The Morgan fingerprint density at radius 2 is 1.74 bits per heavy atom. The third kappa shape index (κ3) is 3.14. The number of hydrogen-bond donors (Lipinski definition) is 1. The Balaban J connectivity index is 2.29. The minimum absolute atomic E-state index is 0.0705. The molecule has 1 aromatic rings. The lowest BCUT2D eigenvalue weighted by molar-refractivity contribution is -0.120. The molecule has 0 unspecified atom stereocenters. The molecule has 0 radical (unpaired) electrons. The van der Waals surface area contributed by atoms with Crippen LogP contribution in [0.15, 0.2) is 11.0 Å². The molecule has 1 atom stereocenters. The van der Waals surface area contributed by atoms with Crippen LogP contribution in [0, 0.1) is 27.7 Å². The van der Waals surface area contributed by atoms with Crippen LogP contribution in [-0.4, -0.2) is 17.7 Å². The van der Waals surface area contributed by atoms with Crippen LogP contribution in [0.25, 0.3) is 0 Å². The monoisotopic (exact) mass is 277 g/mol. The van der Waals surface area contributed by atoms with Gasteiger partial charge in [0.2, 0.25) is 5.91 Å². The number of benzene rings is 1. The van der Waals surface area contributed by atoms with Crippen molar-refractivity contribution in [3.05, 3.63) is 28.3 Å². The van der Waals surface area contributed by atoms with Gasteiger partial charge in [-0.25, -0.2) is 0 Å². The number of aryl methyl sites for hydroxylation is 2. The summed E-state index contributed by atoms with van der Waals surface area (Å²) in [5.74, 6) is 0.209. The molecule has 0 aromatic heterocycles. The maximum Gasteiger partial charge on any atom is 0.233 e. The van der Waals surface area contributed by atoms with Gasteiger partial charge in [-0.2, -0.15) is 0 Å². The van der Waals surface area contributed by atoms with E-state index in [9.17, 15) is 4.79 Å². The zero-order valence-corrected chi connectivity index (χ0v) is 13.1. The molecule has 2 nitrogen and oxygen atoms in total. The minimum atomic E-state index is 0.0705. The number of amides is 1. The molecule has 1 amide bonds. The van der Waals surface area contributed by atoms with Crippen molar-refractivity contribution in [1.29, 1.82) is 0 Å². The average molecular weight is 277 g/mol. The van der Waals surface area contributed by atoms with Gasteiger partial charge in [0.25, 0.3) is 0 Å². The van der Waals surface area contributed by atoms with Gasteiger partial charge < -0.3 is 5.32 Å². The van der Waals surface area contributed by atoms with Crippen LogP contribution in [0.1, 0.15) is 41.5 Å². The standard InChI is InChI=1S/C16H23NOS/c1-10-9-11(2)13(4)15(12(10)3)19-14-7-5-6-8-17-16(14)18/h9,14H,5-8H2,1-4H3,(H,17,18)/t14-/m1/s1. The molecule has 1 saturated heterocycles. The van der Waals surface area contributed by atoms with Gasteiger partial charge in [-0.15, -0.1) is 11.8 Å². The molecule has 0 spiro atoms. The van der Waals surface area contributed by atoms with Gasteiger partial charge in [0.15, 0.2) is 0 Å². The van der Waals surface area contributed by atoms with E-state index in [1.165, 1.54) is 27.1 Å². The zero-order valence-electron chi connectivity index (χ0n) is 12.3. The first kappa shape index (κ1) is 14.4. The summed E-state index contributed by atoms with van der Waals surface area (Å²) in [4.78, 5) is 13.4. The van der Waals surface area contributed by atoms with E-state index in [1.54, 1.807) is 11.8 Å². The Hall–Kier alpha value is -0.960. The lowest BCUT2D eigenvalue weighted by Crippen LogP contribution is -2.30. The van der Waals surface area contributed by atoms with Crippen molar-refractivity contribution in [2.24, 2.45) is 0 Å². The summed E-state index contributed by atoms with van der Waals surface area (Å²) in [7, 11) is 0. The Morgan fingerprint density at radius 3 is 2.37 bits per heavy atom. The molecule has 1 aliphatic rings. The second kappa shape index (κ2) is 6.00. The molecule has 1 aromatic carbocycles. The maximum atomic E-state index is 12.1. The van der Waals surface area contributed by atoms with Gasteiger partial charge in [0.05, 0.1) is 5.25 Å². The predicted molar refractivity (Wildman–Crippen MR) is 81.9 cm³/mol. The molecule has 0 saturated carbocycles. The molecule has 19 heavy (non-hydrogen) atoms. The minimum Gasteiger partial charge on any atom is -0.355 e. The van der Waals surface area contributed by atoms with E-state index in [-0.39, 0.29) is 11.2 Å². The van der Waals surface area contributed by atoms with E-state index >= 15 is 0 Å². The van der Waals surface area contributed by atoms with E-state index in [2.05, 4.69) is 39.1 Å². The second-order valence-electron chi connectivity index (χ2n) is 5.48. The number of hydrogen-bond acceptors (Lipinski definition) is 2. The summed E-state index contributed by atoms with van der Waals surface area (Å²) in [6.07, 6.45) is 3.23. The van der Waals surface area contributed by atoms with E-state index in [0.29, 0.717) is 0 Å². The van der Waals surface area contributed by atoms with Crippen molar-refractivity contribution in [2.75, 3.05) is 6.54 Å². The van der Waals surface area contributed by atoms with Crippen molar-refractivity contribution < 1.29 is 4.79 Å². The summed E-state index contributed by atoms with van der Waals surface area (Å²) in [5, 5.41) is 3.09. The van der Waals surface area contributed by atoms with Gasteiger partial charge in [0.1, 0.15) is 0 Å². The highest BCUT2D eigenvalue weighted by molar-refractivity contribution is 8.00. The van der Waals surface area contributed by atoms with Crippen molar-refractivity contribution >= 4 is 17.7 Å². The number of thioether (sulfide) groups is 1. The fourth-order valence-electron chi connectivity index (χ4n) is 2.52. The first-order chi connectivity index (χ1) is 9.00.